The number of nitrogens with one attached hydrogen (secondary N) is 1. The molecule has 0 amide bonds. The Morgan fingerprint density at radius 3 is 2.81 bits per heavy atom. The first-order valence-electron chi connectivity index (χ1n) is 5.73. The SMILES string of the molecule is COc1ccc(Br)c2c1CCNC2C(C)C. The van der Waals surface area contributed by atoms with Gasteiger partial charge in [-0.3, -0.25) is 0 Å². The fourth-order valence-electron chi connectivity index (χ4n) is 2.43. The molecular formula is C13H18BrNO. The molecule has 1 atom stereocenters. The van der Waals surface area contributed by atoms with Crippen LogP contribution >= 0.6 is 15.9 Å². The summed E-state index contributed by atoms with van der Waals surface area (Å²) in [5.41, 5.74) is 2.73. The third-order valence-electron chi connectivity index (χ3n) is 3.20. The zero-order valence-corrected chi connectivity index (χ0v) is 11.6. The van der Waals surface area contributed by atoms with Gasteiger partial charge in [-0.2, -0.15) is 0 Å². The summed E-state index contributed by atoms with van der Waals surface area (Å²) in [5.74, 6) is 1.60. The van der Waals surface area contributed by atoms with E-state index >= 15 is 0 Å². The van der Waals surface area contributed by atoms with Crippen LogP contribution in [0.5, 0.6) is 5.75 Å². The smallest absolute Gasteiger partial charge is 0.122 e. The molecule has 0 fully saturated rings. The van der Waals surface area contributed by atoms with Gasteiger partial charge in [0.25, 0.3) is 0 Å². The molecule has 0 aliphatic carbocycles. The molecule has 0 aromatic heterocycles. The molecule has 1 N–H and O–H groups in total. The summed E-state index contributed by atoms with van der Waals surface area (Å²) in [6, 6.07) is 4.55. The molecule has 1 aliphatic heterocycles. The first-order chi connectivity index (χ1) is 7.65. The van der Waals surface area contributed by atoms with Crippen molar-refractivity contribution in [1.29, 1.82) is 0 Å². The van der Waals surface area contributed by atoms with E-state index in [9.17, 15) is 0 Å². The molecule has 16 heavy (non-hydrogen) atoms. The fraction of sp³-hybridized carbons (Fsp3) is 0.538. The van der Waals surface area contributed by atoms with E-state index in [2.05, 4.69) is 41.2 Å². The van der Waals surface area contributed by atoms with E-state index in [-0.39, 0.29) is 0 Å². The van der Waals surface area contributed by atoms with Gasteiger partial charge in [0.2, 0.25) is 0 Å². The van der Waals surface area contributed by atoms with Crippen molar-refractivity contribution in [2.75, 3.05) is 13.7 Å². The molecule has 1 heterocycles. The highest BCUT2D eigenvalue weighted by atomic mass is 79.9. The van der Waals surface area contributed by atoms with E-state index in [0.717, 1.165) is 18.7 Å². The average Bonchev–Trinajstić information content (AvgIpc) is 2.29. The number of halogens is 1. The largest absolute Gasteiger partial charge is 0.496 e. The molecular weight excluding hydrogens is 266 g/mol. The first kappa shape index (κ1) is 11.9. The van der Waals surface area contributed by atoms with Crippen molar-refractivity contribution >= 4 is 15.9 Å². The van der Waals surface area contributed by atoms with E-state index in [1.807, 2.05) is 6.07 Å². The number of benzene rings is 1. The van der Waals surface area contributed by atoms with Crippen LogP contribution in [0.3, 0.4) is 0 Å². The van der Waals surface area contributed by atoms with Gasteiger partial charge in [0.15, 0.2) is 0 Å². The second-order valence-electron chi connectivity index (χ2n) is 4.57. The van der Waals surface area contributed by atoms with Crippen molar-refractivity contribution in [3.8, 4) is 5.75 Å². The Bertz CT molecular complexity index is 390. The van der Waals surface area contributed by atoms with E-state index in [1.54, 1.807) is 7.11 Å². The van der Waals surface area contributed by atoms with Crippen LogP contribution < -0.4 is 10.1 Å². The maximum atomic E-state index is 5.45. The van der Waals surface area contributed by atoms with Crippen LogP contribution in [0.15, 0.2) is 16.6 Å². The van der Waals surface area contributed by atoms with Gasteiger partial charge in [0, 0.05) is 16.1 Å². The molecule has 88 valence electrons. The zero-order chi connectivity index (χ0) is 11.7. The summed E-state index contributed by atoms with van der Waals surface area (Å²) in [6.45, 7) is 5.53. The molecule has 1 aromatic carbocycles. The molecule has 0 saturated carbocycles. The lowest BCUT2D eigenvalue weighted by Gasteiger charge is -2.31. The van der Waals surface area contributed by atoms with Crippen LogP contribution in [-0.4, -0.2) is 13.7 Å². The van der Waals surface area contributed by atoms with Gasteiger partial charge >= 0.3 is 0 Å². The predicted octanol–water partition coefficient (Wildman–Crippen LogP) is 3.30. The summed E-state index contributed by atoms with van der Waals surface area (Å²) < 4.78 is 6.64. The van der Waals surface area contributed by atoms with Gasteiger partial charge in [-0.15, -0.1) is 0 Å². The first-order valence-corrected chi connectivity index (χ1v) is 6.53. The highest BCUT2D eigenvalue weighted by molar-refractivity contribution is 9.10. The maximum Gasteiger partial charge on any atom is 0.122 e. The van der Waals surface area contributed by atoms with Gasteiger partial charge in [-0.25, -0.2) is 0 Å². The molecule has 3 heteroatoms. The van der Waals surface area contributed by atoms with Crippen molar-refractivity contribution < 1.29 is 4.74 Å². The Morgan fingerprint density at radius 2 is 2.19 bits per heavy atom. The van der Waals surface area contributed by atoms with Crippen LogP contribution in [-0.2, 0) is 6.42 Å². The second-order valence-corrected chi connectivity index (χ2v) is 5.42. The number of rotatable bonds is 2. The van der Waals surface area contributed by atoms with Crippen LogP contribution in [0.1, 0.15) is 31.0 Å². The average molecular weight is 284 g/mol. The minimum absolute atomic E-state index is 0.424. The molecule has 1 unspecified atom stereocenters. The Labute approximate surface area is 106 Å². The molecule has 1 aromatic rings. The number of fused-ring (bicyclic) bond motifs is 1. The normalized spacial score (nSPS) is 19.7. The Hall–Kier alpha value is -0.540. The van der Waals surface area contributed by atoms with Gasteiger partial charge in [0.05, 0.1) is 7.11 Å². The Balaban J connectivity index is 2.54. The number of ether oxygens (including phenoxy) is 1. The minimum atomic E-state index is 0.424. The van der Waals surface area contributed by atoms with Crippen LogP contribution in [0.25, 0.3) is 0 Å². The molecule has 0 spiro atoms. The minimum Gasteiger partial charge on any atom is -0.496 e. The van der Waals surface area contributed by atoms with E-state index in [4.69, 9.17) is 4.74 Å². The van der Waals surface area contributed by atoms with E-state index < -0.39 is 0 Å². The highest BCUT2D eigenvalue weighted by Gasteiger charge is 2.26. The summed E-state index contributed by atoms with van der Waals surface area (Å²) >= 11 is 3.66. The fourth-order valence-corrected chi connectivity index (χ4v) is 3.04. The lowest BCUT2D eigenvalue weighted by Crippen LogP contribution is -2.33. The molecule has 0 bridgehead atoms. The molecule has 0 saturated heterocycles. The summed E-state index contributed by atoms with van der Waals surface area (Å²) in [5, 5.41) is 3.58. The number of methoxy groups -OCH3 is 1. The Morgan fingerprint density at radius 1 is 1.44 bits per heavy atom. The van der Waals surface area contributed by atoms with E-state index in [0.29, 0.717) is 12.0 Å². The highest BCUT2D eigenvalue weighted by Crippen LogP contribution is 2.38. The zero-order valence-electron chi connectivity index (χ0n) is 10.0. The van der Waals surface area contributed by atoms with Crippen LogP contribution in [0, 0.1) is 5.92 Å². The summed E-state index contributed by atoms with van der Waals surface area (Å²) in [4.78, 5) is 0. The van der Waals surface area contributed by atoms with Gasteiger partial charge in [-0.1, -0.05) is 29.8 Å². The standard InChI is InChI=1S/C13H18BrNO/c1-8(2)13-12-9(6-7-15-13)11(16-3)5-4-10(12)14/h4-5,8,13,15H,6-7H2,1-3H3. The third kappa shape index (κ3) is 1.98. The van der Waals surface area contributed by atoms with Gasteiger partial charge in [-0.05, 0) is 36.6 Å². The Kier molecular flexibility index (Phi) is 3.55. The number of hydrogen-bond donors (Lipinski definition) is 1. The summed E-state index contributed by atoms with van der Waals surface area (Å²) in [7, 11) is 1.75. The van der Waals surface area contributed by atoms with E-state index in [1.165, 1.54) is 15.6 Å². The molecule has 0 radical (unpaired) electrons. The molecule has 1 aliphatic rings. The van der Waals surface area contributed by atoms with Crippen molar-refractivity contribution in [2.24, 2.45) is 5.92 Å². The van der Waals surface area contributed by atoms with Crippen molar-refractivity contribution in [3.63, 3.8) is 0 Å². The lowest BCUT2D eigenvalue weighted by molar-refractivity contribution is 0.373. The topological polar surface area (TPSA) is 21.3 Å². The lowest BCUT2D eigenvalue weighted by atomic mass is 9.87. The van der Waals surface area contributed by atoms with Gasteiger partial charge in [0.1, 0.15) is 5.75 Å². The van der Waals surface area contributed by atoms with Crippen LogP contribution in [0.4, 0.5) is 0 Å². The third-order valence-corrected chi connectivity index (χ3v) is 3.89. The second kappa shape index (κ2) is 4.76. The van der Waals surface area contributed by atoms with Crippen LogP contribution in [0.2, 0.25) is 0 Å². The maximum absolute atomic E-state index is 5.45. The quantitative estimate of drug-likeness (QED) is 0.899. The van der Waals surface area contributed by atoms with Gasteiger partial charge < -0.3 is 10.1 Å². The monoisotopic (exact) mass is 283 g/mol. The summed E-state index contributed by atoms with van der Waals surface area (Å²) in [6.07, 6.45) is 1.04. The predicted molar refractivity (Wildman–Crippen MR) is 70.0 cm³/mol. The van der Waals surface area contributed by atoms with Crippen molar-refractivity contribution in [1.82, 2.24) is 5.32 Å². The molecule has 2 nitrogen and oxygen atoms in total. The number of hydrogen-bond acceptors (Lipinski definition) is 2. The van der Waals surface area contributed by atoms with Crippen molar-refractivity contribution in [3.05, 3.63) is 27.7 Å². The molecule has 2 rings (SSSR count). The van der Waals surface area contributed by atoms with Crippen molar-refractivity contribution in [2.45, 2.75) is 26.3 Å².